The van der Waals surface area contributed by atoms with Gasteiger partial charge in [0.05, 0.1) is 35.6 Å². The second-order valence-corrected chi connectivity index (χ2v) is 8.57. The molecule has 0 radical (unpaired) electrons. The zero-order valence-electron chi connectivity index (χ0n) is 18.8. The fourth-order valence-corrected chi connectivity index (χ4v) is 4.27. The Morgan fingerprint density at radius 3 is 2.52 bits per heavy atom. The van der Waals surface area contributed by atoms with Crippen LogP contribution in [0.5, 0.6) is 5.75 Å². The van der Waals surface area contributed by atoms with Crippen molar-refractivity contribution in [1.82, 2.24) is 15.3 Å². The highest BCUT2D eigenvalue weighted by atomic mass is 32.1. The highest BCUT2D eigenvalue weighted by Gasteiger charge is 2.15. The Bertz CT molecular complexity index is 1330. The van der Waals surface area contributed by atoms with Gasteiger partial charge >= 0.3 is 0 Å². The molecule has 2 amide bonds. The van der Waals surface area contributed by atoms with Gasteiger partial charge in [-0.15, -0.1) is 11.3 Å². The summed E-state index contributed by atoms with van der Waals surface area (Å²) < 4.78 is 5.25. The fraction of sp³-hybridized carbons (Fsp3) is 0.200. The standard InChI is InChI=1S/C25H24N4O3S/c1-14(26-16(3)30)17-5-7-18(8-6-17)23-13-33-25(28-23)29-24(31)21-11-19-9-10-20(32-4)12-22(19)27-15(21)2/h5-14H,1-4H3,(H,26,30)(H,28,29,31). The summed E-state index contributed by atoms with van der Waals surface area (Å²) in [5.74, 6) is 0.403. The Hall–Kier alpha value is -3.78. The molecule has 4 aromatic rings. The minimum absolute atomic E-state index is 0.0666. The first-order chi connectivity index (χ1) is 15.8. The third-order valence-electron chi connectivity index (χ3n) is 5.31. The number of aryl methyl sites for hydroxylation is 1. The van der Waals surface area contributed by atoms with Crippen molar-refractivity contribution in [3.63, 3.8) is 0 Å². The van der Waals surface area contributed by atoms with E-state index < -0.39 is 0 Å². The molecule has 0 spiro atoms. The van der Waals surface area contributed by atoms with Crippen molar-refractivity contribution in [3.8, 4) is 17.0 Å². The number of carbonyl (C=O) groups is 2. The van der Waals surface area contributed by atoms with Gasteiger partial charge in [0, 0.05) is 29.3 Å². The number of hydrogen-bond acceptors (Lipinski definition) is 6. The van der Waals surface area contributed by atoms with Crippen molar-refractivity contribution >= 4 is 39.2 Å². The van der Waals surface area contributed by atoms with Gasteiger partial charge in [-0.3, -0.25) is 19.9 Å². The maximum absolute atomic E-state index is 12.9. The number of anilines is 1. The average molecular weight is 461 g/mol. The molecule has 33 heavy (non-hydrogen) atoms. The Balaban J connectivity index is 1.50. The lowest BCUT2D eigenvalue weighted by atomic mass is 10.1. The first-order valence-corrected chi connectivity index (χ1v) is 11.3. The normalized spacial score (nSPS) is 11.8. The summed E-state index contributed by atoms with van der Waals surface area (Å²) in [6.07, 6.45) is 0. The third-order valence-corrected chi connectivity index (χ3v) is 6.07. The van der Waals surface area contributed by atoms with Crippen LogP contribution in [-0.2, 0) is 4.79 Å². The summed E-state index contributed by atoms with van der Waals surface area (Å²) in [5, 5.41) is 9.03. The largest absolute Gasteiger partial charge is 0.497 e. The zero-order chi connectivity index (χ0) is 23.5. The number of nitrogens with zero attached hydrogens (tertiary/aromatic N) is 2. The van der Waals surface area contributed by atoms with Crippen LogP contribution in [0.3, 0.4) is 0 Å². The van der Waals surface area contributed by atoms with Crippen molar-refractivity contribution in [3.05, 3.63) is 70.7 Å². The lowest BCUT2D eigenvalue weighted by Gasteiger charge is -2.13. The maximum Gasteiger partial charge on any atom is 0.259 e. The van der Waals surface area contributed by atoms with Crippen LogP contribution >= 0.6 is 11.3 Å². The van der Waals surface area contributed by atoms with Gasteiger partial charge in [-0.25, -0.2) is 4.98 Å². The molecule has 4 rings (SSSR count). The molecular formula is C25H24N4O3S. The molecule has 0 fully saturated rings. The molecule has 0 aliphatic carbocycles. The van der Waals surface area contributed by atoms with Crippen molar-refractivity contribution in [1.29, 1.82) is 0 Å². The van der Waals surface area contributed by atoms with Gasteiger partial charge in [-0.2, -0.15) is 0 Å². The van der Waals surface area contributed by atoms with Gasteiger partial charge in [-0.05, 0) is 37.6 Å². The monoisotopic (exact) mass is 460 g/mol. The molecule has 1 unspecified atom stereocenters. The Morgan fingerprint density at radius 1 is 1.06 bits per heavy atom. The molecule has 2 N–H and O–H groups in total. The second kappa shape index (κ2) is 9.38. The van der Waals surface area contributed by atoms with Gasteiger partial charge in [0.2, 0.25) is 5.91 Å². The highest BCUT2D eigenvalue weighted by molar-refractivity contribution is 7.14. The van der Waals surface area contributed by atoms with Crippen molar-refractivity contribution in [2.45, 2.75) is 26.8 Å². The number of fused-ring (bicyclic) bond motifs is 1. The third kappa shape index (κ3) is 5.01. The number of benzene rings is 2. The van der Waals surface area contributed by atoms with E-state index in [0.717, 1.165) is 33.5 Å². The molecule has 7 nitrogen and oxygen atoms in total. The van der Waals surface area contributed by atoms with Gasteiger partial charge < -0.3 is 10.1 Å². The number of rotatable bonds is 6. The molecule has 2 aromatic carbocycles. The van der Waals surface area contributed by atoms with E-state index >= 15 is 0 Å². The first kappa shape index (κ1) is 22.4. The van der Waals surface area contributed by atoms with E-state index in [1.807, 2.05) is 67.8 Å². The van der Waals surface area contributed by atoms with Crippen LogP contribution in [0.25, 0.3) is 22.2 Å². The summed E-state index contributed by atoms with van der Waals surface area (Å²) in [6, 6.07) is 15.2. The molecule has 0 saturated heterocycles. The van der Waals surface area contributed by atoms with E-state index in [0.29, 0.717) is 16.4 Å². The van der Waals surface area contributed by atoms with E-state index in [-0.39, 0.29) is 17.9 Å². The SMILES string of the molecule is COc1ccc2cc(C(=O)Nc3nc(-c4ccc(C(C)NC(C)=O)cc4)cs3)c(C)nc2c1. The highest BCUT2D eigenvalue weighted by Crippen LogP contribution is 2.27. The molecule has 8 heteroatoms. The number of hydrogen-bond donors (Lipinski definition) is 2. The average Bonchev–Trinajstić information content (AvgIpc) is 3.26. The number of pyridine rings is 1. The Morgan fingerprint density at radius 2 is 1.82 bits per heavy atom. The number of amides is 2. The molecule has 0 aliphatic heterocycles. The number of aromatic nitrogens is 2. The summed E-state index contributed by atoms with van der Waals surface area (Å²) in [7, 11) is 1.61. The number of methoxy groups -OCH3 is 1. The molecule has 168 valence electrons. The first-order valence-electron chi connectivity index (χ1n) is 10.4. The lowest BCUT2D eigenvalue weighted by molar-refractivity contribution is -0.119. The Labute approximate surface area is 195 Å². The van der Waals surface area contributed by atoms with Crippen LogP contribution < -0.4 is 15.4 Å². The van der Waals surface area contributed by atoms with E-state index in [9.17, 15) is 9.59 Å². The summed E-state index contributed by atoms with van der Waals surface area (Å²) in [4.78, 5) is 33.3. The van der Waals surface area contributed by atoms with E-state index in [1.54, 1.807) is 7.11 Å². The van der Waals surface area contributed by atoms with Gasteiger partial charge in [0.1, 0.15) is 5.75 Å². The number of carbonyl (C=O) groups excluding carboxylic acids is 2. The second-order valence-electron chi connectivity index (χ2n) is 7.72. The zero-order valence-corrected chi connectivity index (χ0v) is 19.6. The number of nitrogens with one attached hydrogen (secondary N) is 2. The van der Waals surface area contributed by atoms with Crippen molar-refractivity contribution < 1.29 is 14.3 Å². The summed E-state index contributed by atoms with van der Waals surface area (Å²) >= 11 is 1.36. The fourth-order valence-electron chi connectivity index (χ4n) is 3.56. The number of thiazole rings is 1. The summed E-state index contributed by atoms with van der Waals surface area (Å²) in [6.45, 7) is 5.25. The van der Waals surface area contributed by atoms with Gasteiger partial charge in [0.25, 0.3) is 5.91 Å². The minimum atomic E-state index is -0.252. The summed E-state index contributed by atoms with van der Waals surface area (Å²) in [5.41, 5.74) is 4.62. The van der Waals surface area contributed by atoms with Gasteiger partial charge in [0.15, 0.2) is 5.13 Å². The topological polar surface area (TPSA) is 93.2 Å². The van der Waals surface area contributed by atoms with Crippen LogP contribution in [0.1, 0.15) is 41.5 Å². The maximum atomic E-state index is 12.9. The van der Waals surface area contributed by atoms with Crippen LogP contribution in [-0.4, -0.2) is 28.9 Å². The molecule has 2 heterocycles. The van der Waals surface area contributed by atoms with Crippen LogP contribution in [0, 0.1) is 6.92 Å². The Kier molecular flexibility index (Phi) is 6.37. The van der Waals surface area contributed by atoms with Crippen LogP contribution in [0.15, 0.2) is 53.9 Å². The molecule has 0 aliphatic rings. The van der Waals surface area contributed by atoms with Crippen molar-refractivity contribution in [2.75, 3.05) is 12.4 Å². The smallest absolute Gasteiger partial charge is 0.259 e. The minimum Gasteiger partial charge on any atom is -0.497 e. The van der Waals surface area contributed by atoms with E-state index in [1.165, 1.54) is 18.3 Å². The molecule has 2 aromatic heterocycles. The molecule has 0 bridgehead atoms. The predicted molar refractivity (Wildman–Crippen MR) is 131 cm³/mol. The van der Waals surface area contributed by atoms with E-state index in [2.05, 4.69) is 20.6 Å². The molecule has 0 saturated carbocycles. The number of ether oxygens (including phenoxy) is 1. The molecule has 1 atom stereocenters. The van der Waals surface area contributed by atoms with Crippen LogP contribution in [0.4, 0.5) is 5.13 Å². The quantitative estimate of drug-likeness (QED) is 0.416. The predicted octanol–water partition coefficient (Wildman–Crippen LogP) is 5.12. The van der Waals surface area contributed by atoms with Crippen molar-refractivity contribution in [2.24, 2.45) is 0 Å². The molecular weight excluding hydrogens is 436 g/mol. The van der Waals surface area contributed by atoms with Crippen LogP contribution in [0.2, 0.25) is 0 Å². The van der Waals surface area contributed by atoms with Gasteiger partial charge in [-0.1, -0.05) is 24.3 Å². The van der Waals surface area contributed by atoms with E-state index in [4.69, 9.17) is 4.74 Å². The lowest BCUT2D eigenvalue weighted by Crippen LogP contribution is -2.23.